The molecule has 0 aliphatic rings. The number of carbonyl (C=O) groups excluding carboxylic acids is 1. The number of anilines is 1. The number of likely N-dealkylation sites (N-methyl/N-ethyl adjacent to an activating group) is 1. The van der Waals surface area contributed by atoms with Gasteiger partial charge in [0, 0.05) is 23.0 Å². The molecule has 0 fully saturated rings. The van der Waals surface area contributed by atoms with Crippen molar-refractivity contribution in [2.75, 3.05) is 25.1 Å². The van der Waals surface area contributed by atoms with Gasteiger partial charge in [-0.15, -0.1) is 22.7 Å². The highest BCUT2D eigenvalue weighted by atomic mass is 32.1. The maximum Gasteiger partial charge on any atom is 0.169 e. The van der Waals surface area contributed by atoms with Crippen LogP contribution in [0.2, 0.25) is 0 Å². The van der Waals surface area contributed by atoms with Gasteiger partial charge in [0.15, 0.2) is 5.78 Å². The van der Waals surface area contributed by atoms with Crippen LogP contribution >= 0.6 is 22.7 Å². The van der Waals surface area contributed by atoms with Gasteiger partial charge in [0.05, 0.1) is 16.5 Å². The SMILES string of the molecule is CC(=O)c1cc2cc3cc(N(C)CCO)sc3cc2s1. The summed E-state index contributed by atoms with van der Waals surface area (Å²) in [5, 5.41) is 12.5. The highest BCUT2D eigenvalue weighted by molar-refractivity contribution is 7.24. The van der Waals surface area contributed by atoms with E-state index in [1.807, 2.05) is 13.1 Å². The number of nitrogens with zero attached hydrogens (tertiary/aromatic N) is 1. The van der Waals surface area contributed by atoms with Crippen molar-refractivity contribution in [1.82, 2.24) is 0 Å². The molecule has 0 saturated carbocycles. The number of Topliss-reactive ketones (excluding diaryl/α,β-unsaturated/α-hetero) is 1. The first-order valence-corrected chi connectivity index (χ1v) is 8.02. The molecule has 104 valence electrons. The zero-order valence-electron chi connectivity index (χ0n) is 11.3. The normalized spacial score (nSPS) is 11.3. The number of aliphatic hydroxyl groups is 1. The summed E-state index contributed by atoms with van der Waals surface area (Å²) in [7, 11) is 1.98. The van der Waals surface area contributed by atoms with E-state index in [0.717, 1.165) is 20.0 Å². The van der Waals surface area contributed by atoms with Gasteiger partial charge < -0.3 is 10.0 Å². The lowest BCUT2D eigenvalue weighted by Gasteiger charge is -2.14. The summed E-state index contributed by atoms with van der Waals surface area (Å²) < 4.78 is 2.37. The first-order chi connectivity index (χ1) is 9.58. The Morgan fingerprint density at radius 2 is 1.85 bits per heavy atom. The Morgan fingerprint density at radius 3 is 2.55 bits per heavy atom. The van der Waals surface area contributed by atoms with Crippen LogP contribution in [-0.2, 0) is 0 Å². The third-order valence-electron chi connectivity index (χ3n) is 3.30. The Bertz CT molecular complexity index is 737. The molecule has 0 radical (unpaired) electrons. The van der Waals surface area contributed by atoms with E-state index < -0.39 is 0 Å². The van der Waals surface area contributed by atoms with Crippen molar-refractivity contribution in [2.45, 2.75) is 6.92 Å². The topological polar surface area (TPSA) is 40.5 Å². The van der Waals surface area contributed by atoms with Crippen molar-refractivity contribution in [3.63, 3.8) is 0 Å². The van der Waals surface area contributed by atoms with E-state index in [-0.39, 0.29) is 12.4 Å². The number of rotatable bonds is 4. The largest absolute Gasteiger partial charge is 0.395 e. The van der Waals surface area contributed by atoms with Gasteiger partial charge in [-0.1, -0.05) is 0 Å². The zero-order chi connectivity index (χ0) is 14.3. The summed E-state index contributed by atoms with van der Waals surface area (Å²) in [6.07, 6.45) is 0. The molecule has 0 unspecified atom stereocenters. The molecule has 0 atom stereocenters. The van der Waals surface area contributed by atoms with Crippen molar-refractivity contribution in [1.29, 1.82) is 0 Å². The van der Waals surface area contributed by atoms with Crippen LogP contribution < -0.4 is 4.90 Å². The number of aliphatic hydroxyl groups excluding tert-OH is 1. The molecule has 1 N–H and O–H groups in total. The molecule has 0 aliphatic heterocycles. The van der Waals surface area contributed by atoms with Gasteiger partial charge in [-0.05, 0) is 42.0 Å². The summed E-state index contributed by atoms with van der Waals surface area (Å²) in [6, 6.07) is 8.40. The average molecular weight is 305 g/mol. The minimum atomic E-state index is 0.123. The average Bonchev–Trinajstić information content (AvgIpc) is 2.98. The third kappa shape index (κ3) is 2.32. The minimum absolute atomic E-state index is 0.123. The lowest BCUT2D eigenvalue weighted by atomic mass is 10.2. The van der Waals surface area contributed by atoms with Crippen LogP contribution in [0.1, 0.15) is 16.6 Å². The van der Waals surface area contributed by atoms with Crippen molar-refractivity contribution in [2.24, 2.45) is 0 Å². The van der Waals surface area contributed by atoms with E-state index in [9.17, 15) is 4.79 Å². The van der Waals surface area contributed by atoms with Crippen molar-refractivity contribution < 1.29 is 9.90 Å². The number of ketones is 1. The standard InChI is InChI=1S/C15H15NO2S2/c1-9(18)12-6-10-5-11-7-15(16(2)3-4-17)20-14(11)8-13(10)19-12/h5-8,17H,3-4H2,1-2H3. The summed E-state index contributed by atoms with van der Waals surface area (Å²) in [5.74, 6) is 0.123. The molecule has 0 aliphatic carbocycles. The van der Waals surface area contributed by atoms with Gasteiger partial charge in [0.1, 0.15) is 0 Å². The predicted molar refractivity (Wildman–Crippen MR) is 87.6 cm³/mol. The molecule has 3 aromatic rings. The Kier molecular flexibility index (Phi) is 3.50. The van der Waals surface area contributed by atoms with E-state index >= 15 is 0 Å². The molecule has 0 spiro atoms. The Balaban J connectivity index is 2.09. The maximum atomic E-state index is 11.4. The fraction of sp³-hybridized carbons (Fsp3) is 0.267. The molecular weight excluding hydrogens is 290 g/mol. The van der Waals surface area contributed by atoms with Gasteiger partial charge in [-0.3, -0.25) is 4.79 Å². The summed E-state index contributed by atoms with van der Waals surface area (Å²) in [5.41, 5.74) is 0. The number of thiophene rings is 2. The molecule has 2 aromatic heterocycles. The summed E-state index contributed by atoms with van der Waals surface area (Å²) >= 11 is 3.27. The van der Waals surface area contributed by atoms with Crippen LogP contribution in [0, 0.1) is 0 Å². The third-order valence-corrected chi connectivity index (χ3v) is 5.71. The van der Waals surface area contributed by atoms with Crippen LogP contribution in [0.5, 0.6) is 0 Å². The van der Waals surface area contributed by atoms with Gasteiger partial charge in [0.2, 0.25) is 0 Å². The monoisotopic (exact) mass is 305 g/mol. The van der Waals surface area contributed by atoms with Gasteiger partial charge in [-0.2, -0.15) is 0 Å². The second-order valence-corrected chi connectivity index (χ2v) is 6.97. The molecule has 0 amide bonds. The van der Waals surface area contributed by atoms with Crippen molar-refractivity contribution >= 4 is 53.6 Å². The molecule has 1 aromatic carbocycles. The van der Waals surface area contributed by atoms with Crippen LogP contribution in [0.3, 0.4) is 0 Å². The molecule has 20 heavy (non-hydrogen) atoms. The molecule has 5 heteroatoms. The number of carbonyl (C=O) groups is 1. The van der Waals surface area contributed by atoms with Crippen molar-refractivity contribution in [3.8, 4) is 0 Å². The van der Waals surface area contributed by atoms with E-state index in [4.69, 9.17) is 5.11 Å². The maximum absolute atomic E-state index is 11.4. The molecule has 3 rings (SSSR count). The second kappa shape index (κ2) is 5.16. The predicted octanol–water partition coefficient (Wildman–Crippen LogP) is 3.75. The number of hydrogen-bond donors (Lipinski definition) is 1. The number of hydrogen-bond acceptors (Lipinski definition) is 5. The van der Waals surface area contributed by atoms with Crippen LogP contribution in [0.4, 0.5) is 5.00 Å². The first kappa shape index (κ1) is 13.5. The Labute approximate surface area is 125 Å². The molecular formula is C15H15NO2S2. The number of fused-ring (bicyclic) bond motifs is 2. The van der Waals surface area contributed by atoms with E-state index in [1.165, 1.54) is 10.1 Å². The van der Waals surface area contributed by atoms with Crippen molar-refractivity contribution in [3.05, 3.63) is 29.1 Å². The fourth-order valence-electron chi connectivity index (χ4n) is 2.18. The highest BCUT2D eigenvalue weighted by Crippen LogP contribution is 2.37. The lowest BCUT2D eigenvalue weighted by Crippen LogP contribution is -2.19. The van der Waals surface area contributed by atoms with Crippen LogP contribution in [0.15, 0.2) is 24.3 Å². The van der Waals surface area contributed by atoms with Crippen LogP contribution in [-0.4, -0.2) is 31.1 Å². The summed E-state index contributed by atoms with van der Waals surface area (Å²) in [4.78, 5) is 14.3. The smallest absolute Gasteiger partial charge is 0.169 e. The highest BCUT2D eigenvalue weighted by Gasteiger charge is 2.10. The molecule has 0 bridgehead atoms. The van der Waals surface area contributed by atoms with Gasteiger partial charge in [0.25, 0.3) is 0 Å². The van der Waals surface area contributed by atoms with Gasteiger partial charge >= 0.3 is 0 Å². The zero-order valence-corrected chi connectivity index (χ0v) is 13.0. The lowest BCUT2D eigenvalue weighted by molar-refractivity contribution is 0.102. The molecule has 3 nitrogen and oxygen atoms in total. The second-order valence-electron chi connectivity index (χ2n) is 4.82. The van der Waals surface area contributed by atoms with E-state index in [1.54, 1.807) is 29.6 Å². The Hall–Kier alpha value is -1.43. The molecule has 2 heterocycles. The number of benzene rings is 1. The quantitative estimate of drug-likeness (QED) is 0.746. The van der Waals surface area contributed by atoms with Gasteiger partial charge in [-0.25, -0.2) is 0 Å². The van der Waals surface area contributed by atoms with Crippen LogP contribution in [0.25, 0.3) is 20.2 Å². The van der Waals surface area contributed by atoms with E-state index in [2.05, 4.69) is 23.1 Å². The minimum Gasteiger partial charge on any atom is -0.395 e. The first-order valence-electron chi connectivity index (χ1n) is 6.38. The van der Waals surface area contributed by atoms with E-state index in [0.29, 0.717) is 6.54 Å². The fourth-order valence-corrected chi connectivity index (χ4v) is 4.31. The Morgan fingerprint density at radius 1 is 1.15 bits per heavy atom. The molecule has 0 saturated heterocycles. The summed E-state index contributed by atoms with van der Waals surface area (Å²) in [6.45, 7) is 2.40.